The van der Waals surface area contributed by atoms with Crippen LogP contribution in [0.2, 0.25) is 0 Å². The van der Waals surface area contributed by atoms with Crippen LogP contribution in [0.15, 0.2) is 30.3 Å². The molecule has 6 nitrogen and oxygen atoms in total. The Kier molecular flexibility index (Phi) is 6.81. The highest BCUT2D eigenvalue weighted by atomic mass is 16.2. The van der Waals surface area contributed by atoms with E-state index in [4.69, 9.17) is 0 Å². The van der Waals surface area contributed by atoms with E-state index in [1.807, 2.05) is 30.3 Å². The molecule has 0 aromatic heterocycles. The van der Waals surface area contributed by atoms with Gasteiger partial charge in [-0.3, -0.25) is 14.4 Å². The Morgan fingerprint density at radius 3 is 2.00 bits per heavy atom. The van der Waals surface area contributed by atoms with Crippen LogP contribution < -0.4 is 16.0 Å². The normalized spacial score (nSPS) is 9.65. The molecule has 1 aromatic rings. The summed E-state index contributed by atoms with van der Waals surface area (Å²) in [6.07, 6.45) is 0.672. The summed E-state index contributed by atoms with van der Waals surface area (Å²) in [7, 11) is 0. The number of hydrogen-bond acceptors (Lipinski definition) is 3. The second-order valence-corrected chi connectivity index (χ2v) is 4.23. The van der Waals surface area contributed by atoms with Crippen molar-refractivity contribution in [2.45, 2.75) is 13.3 Å². The standard InChI is InChI=1S/C14H19N3O3/c1-11(18)15-9-10-17-14(20)13(19)16-8-7-12-5-3-2-4-6-12/h2-6H,7-10H2,1H3,(H,15,18)(H,16,19)(H,17,20). The van der Waals surface area contributed by atoms with Gasteiger partial charge in [-0.15, -0.1) is 0 Å². The maximum atomic E-state index is 11.5. The van der Waals surface area contributed by atoms with Gasteiger partial charge in [0.2, 0.25) is 5.91 Å². The lowest BCUT2D eigenvalue weighted by Crippen LogP contribution is -2.43. The van der Waals surface area contributed by atoms with E-state index in [1.165, 1.54) is 6.92 Å². The van der Waals surface area contributed by atoms with Gasteiger partial charge in [-0.1, -0.05) is 30.3 Å². The van der Waals surface area contributed by atoms with Crippen molar-refractivity contribution < 1.29 is 14.4 Å². The number of rotatable bonds is 6. The molecule has 0 atom stereocenters. The maximum Gasteiger partial charge on any atom is 0.309 e. The average molecular weight is 277 g/mol. The zero-order valence-corrected chi connectivity index (χ0v) is 11.4. The summed E-state index contributed by atoms with van der Waals surface area (Å²) < 4.78 is 0. The van der Waals surface area contributed by atoms with Crippen LogP contribution in [0.3, 0.4) is 0 Å². The van der Waals surface area contributed by atoms with E-state index in [1.54, 1.807) is 0 Å². The van der Waals surface area contributed by atoms with E-state index < -0.39 is 11.8 Å². The SMILES string of the molecule is CC(=O)NCCNC(=O)C(=O)NCCc1ccccc1. The van der Waals surface area contributed by atoms with E-state index in [-0.39, 0.29) is 12.5 Å². The topological polar surface area (TPSA) is 87.3 Å². The molecule has 0 spiro atoms. The molecule has 0 aliphatic heterocycles. The van der Waals surface area contributed by atoms with E-state index >= 15 is 0 Å². The zero-order chi connectivity index (χ0) is 14.8. The summed E-state index contributed by atoms with van der Waals surface area (Å²) in [5.41, 5.74) is 1.10. The summed E-state index contributed by atoms with van der Waals surface area (Å²) in [5.74, 6) is -1.53. The van der Waals surface area contributed by atoms with Gasteiger partial charge in [0.1, 0.15) is 0 Å². The smallest absolute Gasteiger partial charge is 0.309 e. The van der Waals surface area contributed by atoms with Crippen LogP contribution >= 0.6 is 0 Å². The molecular weight excluding hydrogens is 258 g/mol. The highest BCUT2D eigenvalue weighted by molar-refractivity contribution is 6.35. The molecule has 0 saturated carbocycles. The van der Waals surface area contributed by atoms with Crippen molar-refractivity contribution in [3.05, 3.63) is 35.9 Å². The summed E-state index contributed by atoms with van der Waals surface area (Å²) in [6.45, 7) is 2.32. The molecule has 0 saturated heterocycles. The quantitative estimate of drug-likeness (QED) is 0.488. The van der Waals surface area contributed by atoms with Gasteiger partial charge in [0.15, 0.2) is 0 Å². The van der Waals surface area contributed by atoms with Gasteiger partial charge in [0.05, 0.1) is 0 Å². The van der Waals surface area contributed by atoms with Crippen LogP contribution in [0.1, 0.15) is 12.5 Å². The number of nitrogens with one attached hydrogen (secondary N) is 3. The van der Waals surface area contributed by atoms with Crippen LogP contribution in [-0.4, -0.2) is 37.4 Å². The van der Waals surface area contributed by atoms with Gasteiger partial charge in [0, 0.05) is 26.6 Å². The summed E-state index contributed by atoms with van der Waals surface area (Å²) in [4.78, 5) is 33.4. The molecule has 6 heteroatoms. The van der Waals surface area contributed by atoms with Gasteiger partial charge >= 0.3 is 11.8 Å². The van der Waals surface area contributed by atoms with Crippen LogP contribution in [0.4, 0.5) is 0 Å². The van der Waals surface area contributed by atoms with Crippen LogP contribution in [0, 0.1) is 0 Å². The van der Waals surface area contributed by atoms with Crippen LogP contribution in [-0.2, 0) is 20.8 Å². The molecule has 0 unspecified atom stereocenters. The number of carbonyl (C=O) groups excluding carboxylic acids is 3. The van der Waals surface area contributed by atoms with E-state index in [9.17, 15) is 14.4 Å². The van der Waals surface area contributed by atoms with Gasteiger partial charge in [-0.05, 0) is 12.0 Å². The number of amides is 3. The van der Waals surface area contributed by atoms with E-state index in [0.29, 0.717) is 19.5 Å². The van der Waals surface area contributed by atoms with Crippen LogP contribution in [0.25, 0.3) is 0 Å². The minimum atomic E-state index is -0.691. The van der Waals surface area contributed by atoms with Crippen molar-refractivity contribution in [1.29, 1.82) is 0 Å². The third-order valence-electron chi connectivity index (χ3n) is 2.53. The Labute approximate surface area is 117 Å². The lowest BCUT2D eigenvalue weighted by molar-refractivity contribution is -0.139. The summed E-state index contributed by atoms with van der Waals surface area (Å²) in [5, 5.41) is 7.48. The third-order valence-corrected chi connectivity index (χ3v) is 2.53. The molecule has 0 aliphatic rings. The van der Waals surface area contributed by atoms with Crippen molar-refractivity contribution in [3.8, 4) is 0 Å². The highest BCUT2D eigenvalue weighted by Crippen LogP contribution is 1.97. The van der Waals surface area contributed by atoms with Crippen molar-refractivity contribution in [2.75, 3.05) is 19.6 Å². The van der Waals surface area contributed by atoms with Gasteiger partial charge in [-0.2, -0.15) is 0 Å². The average Bonchev–Trinajstić information content (AvgIpc) is 2.44. The van der Waals surface area contributed by atoms with Crippen molar-refractivity contribution in [1.82, 2.24) is 16.0 Å². The second kappa shape index (κ2) is 8.68. The monoisotopic (exact) mass is 277 g/mol. The molecule has 0 bridgehead atoms. The largest absolute Gasteiger partial charge is 0.355 e. The molecule has 1 rings (SSSR count). The van der Waals surface area contributed by atoms with E-state index in [0.717, 1.165) is 5.56 Å². The third kappa shape index (κ3) is 6.53. The Balaban J connectivity index is 2.15. The Hall–Kier alpha value is -2.37. The Morgan fingerprint density at radius 1 is 0.850 bits per heavy atom. The molecule has 20 heavy (non-hydrogen) atoms. The molecule has 0 aliphatic carbocycles. The summed E-state index contributed by atoms with van der Waals surface area (Å²) in [6, 6.07) is 9.68. The minimum Gasteiger partial charge on any atom is -0.355 e. The number of carbonyl (C=O) groups is 3. The fourth-order valence-electron chi connectivity index (χ4n) is 1.54. The fraction of sp³-hybridized carbons (Fsp3) is 0.357. The van der Waals surface area contributed by atoms with Crippen molar-refractivity contribution in [2.24, 2.45) is 0 Å². The first-order valence-corrected chi connectivity index (χ1v) is 6.44. The highest BCUT2D eigenvalue weighted by Gasteiger charge is 2.11. The Morgan fingerprint density at radius 2 is 1.40 bits per heavy atom. The van der Waals surface area contributed by atoms with Gasteiger partial charge in [-0.25, -0.2) is 0 Å². The molecule has 3 N–H and O–H groups in total. The number of hydrogen-bond donors (Lipinski definition) is 3. The Bertz CT molecular complexity index is 460. The zero-order valence-electron chi connectivity index (χ0n) is 11.4. The first-order valence-electron chi connectivity index (χ1n) is 6.44. The predicted molar refractivity (Wildman–Crippen MR) is 74.8 cm³/mol. The molecule has 3 amide bonds. The molecule has 0 fully saturated rings. The molecule has 0 radical (unpaired) electrons. The first kappa shape index (κ1) is 15.7. The number of benzene rings is 1. The fourth-order valence-corrected chi connectivity index (χ4v) is 1.54. The van der Waals surface area contributed by atoms with Crippen molar-refractivity contribution in [3.63, 3.8) is 0 Å². The lowest BCUT2D eigenvalue weighted by Gasteiger charge is -2.07. The van der Waals surface area contributed by atoms with Gasteiger partial charge in [0.25, 0.3) is 0 Å². The molecule has 1 aromatic carbocycles. The van der Waals surface area contributed by atoms with Crippen LogP contribution in [0.5, 0.6) is 0 Å². The maximum absolute atomic E-state index is 11.5. The van der Waals surface area contributed by atoms with E-state index in [2.05, 4.69) is 16.0 Å². The van der Waals surface area contributed by atoms with Crippen molar-refractivity contribution >= 4 is 17.7 Å². The molecular formula is C14H19N3O3. The second-order valence-electron chi connectivity index (χ2n) is 4.23. The molecule has 108 valence electrons. The lowest BCUT2D eigenvalue weighted by atomic mass is 10.1. The van der Waals surface area contributed by atoms with Gasteiger partial charge < -0.3 is 16.0 Å². The predicted octanol–water partition coefficient (Wildman–Crippen LogP) is -0.402. The minimum absolute atomic E-state index is 0.174. The summed E-state index contributed by atoms with van der Waals surface area (Å²) >= 11 is 0. The molecule has 0 heterocycles. The first-order chi connectivity index (χ1) is 9.59.